The third-order valence-electron chi connectivity index (χ3n) is 2.27. The second-order valence-corrected chi connectivity index (χ2v) is 8.30. The summed E-state index contributed by atoms with van der Waals surface area (Å²) >= 11 is 18.5. The molecule has 2 aromatic rings. The Kier molecular flexibility index (Phi) is 4.75. The van der Waals surface area contributed by atoms with Gasteiger partial charge in [0.2, 0.25) is 0 Å². The van der Waals surface area contributed by atoms with Crippen molar-refractivity contribution in [2.75, 3.05) is 0 Å². The highest BCUT2D eigenvalue weighted by Gasteiger charge is 2.15. The van der Waals surface area contributed by atoms with Gasteiger partial charge >= 0.3 is 0 Å². The molecule has 5 heteroatoms. The maximum atomic E-state index is 6.08. The van der Waals surface area contributed by atoms with E-state index in [1.165, 1.54) is 16.0 Å². The zero-order valence-corrected chi connectivity index (χ0v) is 15.1. The fourth-order valence-corrected chi connectivity index (χ4v) is 4.63. The van der Waals surface area contributed by atoms with Gasteiger partial charge in [-0.05, 0) is 68.1 Å². The van der Waals surface area contributed by atoms with Crippen LogP contribution in [0.15, 0.2) is 32.5 Å². The van der Waals surface area contributed by atoms with Crippen LogP contribution in [0.4, 0.5) is 0 Å². The fourth-order valence-electron chi connectivity index (χ4n) is 1.56. The number of thiophene rings is 1. The monoisotopic (exact) mass is 456 g/mol. The van der Waals surface area contributed by atoms with Crippen molar-refractivity contribution in [2.45, 2.75) is 11.8 Å². The van der Waals surface area contributed by atoms with Crippen molar-refractivity contribution < 1.29 is 0 Å². The molecule has 2 rings (SSSR count). The first-order valence-corrected chi connectivity index (χ1v) is 8.53. The van der Waals surface area contributed by atoms with Crippen LogP contribution in [0.2, 0.25) is 5.02 Å². The molecule has 0 saturated heterocycles. The Bertz CT molecular complexity index is 511. The molecule has 1 unspecified atom stereocenters. The Morgan fingerprint density at radius 3 is 2.41 bits per heavy atom. The minimum absolute atomic E-state index is 0.174. The van der Waals surface area contributed by atoms with Gasteiger partial charge in [-0.3, -0.25) is 0 Å². The van der Waals surface area contributed by atoms with Gasteiger partial charge < -0.3 is 0 Å². The molecule has 0 N–H and O–H groups in total. The van der Waals surface area contributed by atoms with Crippen molar-refractivity contribution >= 4 is 70.7 Å². The predicted octanol–water partition coefficient (Wildman–Crippen LogP) is 6.72. The van der Waals surface area contributed by atoms with E-state index in [1.807, 2.05) is 12.1 Å². The third-order valence-corrected chi connectivity index (χ3v) is 7.14. The van der Waals surface area contributed by atoms with Gasteiger partial charge in [0, 0.05) is 14.4 Å². The molecule has 0 bridgehead atoms. The SMILES string of the molecule is Cc1cc(Cl)cc(C(Br)c2cc(Br)c(Br)s2)c1. The average Bonchev–Trinajstić information content (AvgIpc) is 2.57. The molecule has 0 spiro atoms. The zero-order chi connectivity index (χ0) is 12.6. The van der Waals surface area contributed by atoms with E-state index >= 15 is 0 Å². The fraction of sp³-hybridized carbons (Fsp3) is 0.167. The number of aryl methyl sites for hydroxylation is 1. The Morgan fingerprint density at radius 2 is 1.88 bits per heavy atom. The van der Waals surface area contributed by atoms with Crippen molar-refractivity contribution in [3.05, 3.63) is 53.6 Å². The number of benzene rings is 1. The molecule has 0 amide bonds. The Balaban J connectivity index is 2.39. The van der Waals surface area contributed by atoms with Crippen LogP contribution in [-0.4, -0.2) is 0 Å². The molecule has 0 nitrogen and oxygen atoms in total. The van der Waals surface area contributed by atoms with Gasteiger partial charge in [-0.2, -0.15) is 0 Å². The molecule has 0 aliphatic heterocycles. The van der Waals surface area contributed by atoms with Gasteiger partial charge in [0.1, 0.15) is 0 Å². The summed E-state index contributed by atoms with van der Waals surface area (Å²) in [5.74, 6) is 0. The summed E-state index contributed by atoms with van der Waals surface area (Å²) in [5.41, 5.74) is 2.35. The summed E-state index contributed by atoms with van der Waals surface area (Å²) in [6.45, 7) is 2.05. The lowest BCUT2D eigenvalue weighted by Crippen LogP contribution is -1.90. The minimum atomic E-state index is 0.174. The standard InChI is InChI=1S/C12H8Br3ClS/c1-6-2-7(4-8(16)3-6)11(14)10-5-9(13)12(15)17-10/h2-5,11H,1H3. The quantitative estimate of drug-likeness (QED) is 0.438. The second kappa shape index (κ2) is 5.74. The van der Waals surface area contributed by atoms with Crippen LogP contribution >= 0.6 is 70.7 Å². The first kappa shape index (κ1) is 14.1. The van der Waals surface area contributed by atoms with E-state index in [0.29, 0.717) is 0 Å². The Morgan fingerprint density at radius 1 is 1.18 bits per heavy atom. The van der Waals surface area contributed by atoms with Gasteiger partial charge in [-0.15, -0.1) is 11.3 Å². The van der Waals surface area contributed by atoms with Crippen LogP contribution in [0, 0.1) is 6.92 Å². The van der Waals surface area contributed by atoms with Gasteiger partial charge in [-0.25, -0.2) is 0 Å². The van der Waals surface area contributed by atoms with Gasteiger partial charge in [0.05, 0.1) is 8.61 Å². The van der Waals surface area contributed by atoms with Gasteiger partial charge in [0.15, 0.2) is 0 Å². The lowest BCUT2D eigenvalue weighted by molar-refractivity contribution is 1.21. The van der Waals surface area contributed by atoms with Crippen LogP contribution in [0.1, 0.15) is 20.8 Å². The van der Waals surface area contributed by atoms with E-state index < -0.39 is 0 Å². The molecule has 1 heterocycles. The van der Waals surface area contributed by atoms with E-state index in [9.17, 15) is 0 Å². The van der Waals surface area contributed by atoms with Gasteiger partial charge in [-0.1, -0.05) is 33.6 Å². The van der Waals surface area contributed by atoms with E-state index in [0.717, 1.165) is 13.3 Å². The molecule has 1 aromatic heterocycles. The molecule has 0 saturated carbocycles. The summed E-state index contributed by atoms with van der Waals surface area (Å²) in [4.78, 5) is 1.41. The van der Waals surface area contributed by atoms with Crippen LogP contribution < -0.4 is 0 Å². The number of hydrogen-bond donors (Lipinski definition) is 0. The van der Waals surface area contributed by atoms with Crippen LogP contribution in [-0.2, 0) is 0 Å². The minimum Gasteiger partial charge on any atom is -0.131 e. The largest absolute Gasteiger partial charge is 0.131 e. The maximum absolute atomic E-state index is 6.08. The summed E-state index contributed by atoms with van der Waals surface area (Å²) < 4.78 is 2.19. The van der Waals surface area contributed by atoms with Crippen molar-refractivity contribution in [3.8, 4) is 0 Å². The first-order valence-electron chi connectivity index (χ1n) is 4.83. The summed E-state index contributed by atoms with van der Waals surface area (Å²) in [6, 6.07) is 8.22. The summed E-state index contributed by atoms with van der Waals surface area (Å²) in [7, 11) is 0. The van der Waals surface area contributed by atoms with Crippen molar-refractivity contribution in [3.63, 3.8) is 0 Å². The molecule has 1 aromatic carbocycles. The van der Waals surface area contributed by atoms with E-state index in [-0.39, 0.29) is 4.83 Å². The second-order valence-electron chi connectivity index (χ2n) is 3.69. The maximum Gasteiger partial charge on any atom is 0.0843 e. The van der Waals surface area contributed by atoms with E-state index in [4.69, 9.17) is 11.6 Å². The van der Waals surface area contributed by atoms with Crippen LogP contribution in [0.5, 0.6) is 0 Å². The Hall–Kier alpha value is 0.650. The molecule has 0 fully saturated rings. The van der Waals surface area contributed by atoms with Gasteiger partial charge in [0.25, 0.3) is 0 Å². The summed E-state index contributed by atoms with van der Waals surface area (Å²) in [5, 5.41) is 0.777. The molecule has 0 aliphatic carbocycles. The highest BCUT2D eigenvalue weighted by atomic mass is 79.9. The topological polar surface area (TPSA) is 0 Å². The number of hydrogen-bond acceptors (Lipinski definition) is 1. The predicted molar refractivity (Wildman–Crippen MR) is 86.7 cm³/mol. The molecule has 90 valence electrons. The van der Waals surface area contributed by atoms with Crippen molar-refractivity contribution in [1.82, 2.24) is 0 Å². The highest BCUT2D eigenvalue weighted by Crippen LogP contribution is 2.41. The van der Waals surface area contributed by atoms with E-state index in [2.05, 4.69) is 66.8 Å². The molecule has 17 heavy (non-hydrogen) atoms. The van der Waals surface area contributed by atoms with Crippen LogP contribution in [0.25, 0.3) is 0 Å². The lowest BCUT2D eigenvalue weighted by Gasteiger charge is -2.09. The number of alkyl halides is 1. The molecule has 0 radical (unpaired) electrons. The molecular formula is C12H8Br3ClS. The normalized spacial score (nSPS) is 12.8. The molecular weight excluding hydrogens is 451 g/mol. The highest BCUT2D eigenvalue weighted by molar-refractivity contribution is 9.13. The zero-order valence-electron chi connectivity index (χ0n) is 8.81. The smallest absolute Gasteiger partial charge is 0.0843 e. The molecule has 0 aliphatic rings. The average molecular weight is 459 g/mol. The van der Waals surface area contributed by atoms with Crippen molar-refractivity contribution in [2.24, 2.45) is 0 Å². The lowest BCUT2D eigenvalue weighted by atomic mass is 10.1. The van der Waals surface area contributed by atoms with Crippen LogP contribution in [0.3, 0.4) is 0 Å². The van der Waals surface area contributed by atoms with Crippen molar-refractivity contribution in [1.29, 1.82) is 0 Å². The third kappa shape index (κ3) is 3.35. The van der Waals surface area contributed by atoms with E-state index in [1.54, 1.807) is 11.3 Å². The number of rotatable bonds is 2. The molecule has 1 atom stereocenters. The summed E-state index contributed by atoms with van der Waals surface area (Å²) in [6.07, 6.45) is 0. The Labute approximate surface area is 135 Å². The first-order chi connectivity index (χ1) is 7.97. The number of halogens is 4.